The van der Waals surface area contributed by atoms with Crippen LogP contribution in [0.25, 0.3) is 0 Å². The Labute approximate surface area is 169 Å². The average molecular weight is 390 g/mol. The Morgan fingerprint density at radius 2 is 1.89 bits per heavy atom. The maximum atomic E-state index is 11.9. The number of Topliss-reactive ketones (excluding diaryl/α,β-unsaturated/α-hetero) is 1. The first-order valence-electron chi connectivity index (χ1n) is 10.2. The highest BCUT2D eigenvalue weighted by Crippen LogP contribution is 2.26. The Balaban J connectivity index is 0.000000336. The Bertz CT molecular complexity index is 617. The number of likely N-dealkylation sites (tertiary alicyclic amines) is 2. The molecule has 0 radical (unpaired) electrons. The maximum absolute atomic E-state index is 11.9. The molecule has 2 heterocycles. The van der Waals surface area contributed by atoms with Gasteiger partial charge in [-0.25, -0.2) is 0 Å². The Morgan fingerprint density at radius 1 is 1.25 bits per heavy atom. The van der Waals surface area contributed by atoms with E-state index in [0.717, 1.165) is 31.4 Å². The lowest BCUT2D eigenvalue weighted by atomic mass is 10.0. The molecule has 0 aromatic heterocycles. The van der Waals surface area contributed by atoms with Gasteiger partial charge in [-0.2, -0.15) is 0 Å². The number of amides is 2. The van der Waals surface area contributed by atoms with Gasteiger partial charge in [-0.15, -0.1) is 0 Å². The van der Waals surface area contributed by atoms with Crippen molar-refractivity contribution in [2.75, 3.05) is 19.6 Å². The van der Waals surface area contributed by atoms with Gasteiger partial charge in [0, 0.05) is 50.6 Å². The zero-order valence-corrected chi connectivity index (χ0v) is 17.8. The van der Waals surface area contributed by atoms with Crippen molar-refractivity contribution < 1.29 is 14.4 Å². The summed E-state index contributed by atoms with van der Waals surface area (Å²) in [5.41, 5.74) is 1.07. The van der Waals surface area contributed by atoms with Crippen molar-refractivity contribution >= 4 is 24.3 Å². The lowest BCUT2D eigenvalue weighted by Crippen LogP contribution is -2.46. The highest BCUT2D eigenvalue weighted by molar-refractivity contribution is 5.89. The molecule has 0 aromatic carbocycles. The summed E-state index contributed by atoms with van der Waals surface area (Å²) in [4.78, 5) is 42.0. The van der Waals surface area contributed by atoms with Crippen LogP contribution >= 0.6 is 0 Å². The van der Waals surface area contributed by atoms with Crippen molar-refractivity contribution in [3.63, 3.8) is 0 Å². The highest BCUT2D eigenvalue weighted by atomic mass is 16.2. The van der Waals surface area contributed by atoms with Crippen molar-refractivity contribution in [1.82, 2.24) is 9.80 Å². The molecular formula is C22H35N3O3. The predicted octanol–water partition coefficient (Wildman–Crippen LogP) is 3.38. The van der Waals surface area contributed by atoms with E-state index in [9.17, 15) is 14.4 Å². The number of ketones is 1. The second-order valence-corrected chi connectivity index (χ2v) is 7.39. The third-order valence-corrected chi connectivity index (χ3v) is 5.27. The monoisotopic (exact) mass is 389 g/mol. The summed E-state index contributed by atoms with van der Waals surface area (Å²) in [6.07, 6.45) is 10.1. The molecule has 2 aliphatic rings. The van der Waals surface area contributed by atoms with Crippen LogP contribution in [0.4, 0.5) is 0 Å². The van der Waals surface area contributed by atoms with Crippen LogP contribution in [-0.2, 0) is 14.4 Å². The number of allylic oxidation sites excluding steroid dienone is 4. The van der Waals surface area contributed by atoms with E-state index >= 15 is 0 Å². The molecule has 1 unspecified atom stereocenters. The van der Waals surface area contributed by atoms with Crippen molar-refractivity contribution in [2.24, 2.45) is 10.9 Å². The number of aliphatic imine (C=N–C) groups is 1. The topological polar surface area (TPSA) is 70.1 Å². The first-order valence-corrected chi connectivity index (χ1v) is 10.2. The van der Waals surface area contributed by atoms with Gasteiger partial charge in [0.2, 0.25) is 11.8 Å². The number of hydrogen-bond acceptors (Lipinski definition) is 4. The fourth-order valence-electron chi connectivity index (χ4n) is 3.53. The molecule has 6 nitrogen and oxygen atoms in total. The molecule has 0 aliphatic carbocycles. The predicted molar refractivity (Wildman–Crippen MR) is 113 cm³/mol. The lowest BCUT2D eigenvalue weighted by molar-refractivity contribution is -0.133. The van der Waals surface area contributed by atoms with Gasteiger partial charge in [0.05, 0.1) is 0 Å². The van der Waals surface area contributed by atoms with Crippen molar-refractivity contribution in [2.45, 2.75) is 65.8 Å². The summed E-state index contributed by atoms with van der Waals surface area (Å²) in [7, 11) is 0. The number of carbonyl (C=O) groups excluding carboxylic acids is 3. The Hall–Kier alpha value is -2.24. The first-order chi connectivity index (χ1) is 13.3. The molecule has 28 heavy (non-hydrogen) atoms. The van der Waals surface area contributed by atoms with Gasteiger partial charge in [-0.1, -0.05) is 25.5 Å². The zero-order chi connectivity index (χ0) is 21.1. The van der Waals surface area contributed by atoms with Gasteiger partial charge in [0.15, 0.2) is 0 Å². The van der Waals surface area contributed by atoms with Crippen LogP contribution in [0.5, 0.6) is 0 Å². The highest BCUT2D eigenvalue weighted by Gasteiger charge is 2.37. The summed E-state index contributed by atoms with van der Waals surface area (Å²) in [5, 5.41) is 0. The second-order valence-electron chi connectivity index (χ2n) is 7.39. The van der Waals surface area contributed by atoms with Crippen LogP contribution < -0.4 is 0 Å². The van der Waals surface area contributed by atoms with E-state index in [1.807, 2.05) is 35.0 Å². The minimum absolute atomic E-state index is 0.0940. The van der Waals surface area contributed by atoms with Gasteiger partial charge < -0.3 is 9.80 Å². The summed E-state index contributed by atoms with van der Waals surface area (Å²) in [6.45, 7) is 12.7. The molecule has 1 atom stereocenters. The van der Waals surface area contributed by atoms with E-state index in [-0.39, 0.29) is 29.6 Å². The molecular weight excluding hydrogens is 354 g/mol. The van der Waals surface area contributed by atoms with E-state index in [1.54, 1.807) is 13.8 Å². The molecule has 0 spiro atoms. The number of carbonyl (C=O) groups is 3. The van der Waals surface area contributed by atoms with E-state index in [4.69, 9.17) is 0 Å². The van der Waals surface area contributed by atoms with Gasteiger partial charge in [0.25, 0.3) is 0 Å². The molecule has 0 aromatic rings. The molecule has 0 bridgehead atoms. The van der Waals surface area contributed by atoms with Crippen molar-refractivity contribution in [3.8, 4) is 0 Å². The smallest absolute Gasteiger partial charge is 0.223 e. The summed E-state index contributed by atoms with van der Waals surface area (Å²) >= 11 is 0. The molecule has 0 saturated carbocycles. The van der Waals surface area contributed by atoms with Crippen LogP contribution in [-0.4, -0.2) is 59.8 Å². The summed E-state index contributed by atoms with van der Waals surface area (Å²) in [5.74, 6) is 0.176. The van der Waals surface area contributed by atoms with Crippen LogP contribution in [0, 0.1) is 5.92 Å². The minimum Gasteiger partial charge on any atom is -0.343 e. The van der Waals surface area contributed by atoms with Crippen molar-refractivity contribution in [1.29, 1.82) is 0 Å². The largest absolute Gasteiger partial charge is 0.343 e. The fourth-order valence-corrected chi connectivity index (χ4v) is 3.53. The quantitative estimate of drug-likeness (QED) is 0.516. The van der Waals surface area contributed by atoms with E-state index in [1.165, 1.54) is 0 Å². The second kappa shape index (κ2) is 12.3. The summed E-state index contributed by atoms with van der Waals surface area (Å²) in [6, 6.07) is 0.206. The molecule has 156 valence electrons. The number of piperidine rings is 1. The van der Waals surface area contributed by atoms with Gasteiger partial charge in [0.1, 0.15) is 5.78 Å². The van der Waals surface area contributed by atoms with Crippen LogP contribution in [0.1, 0.15) is 59.8 Å². The zero-order valence-electron chi connectivity index (χ0n) is 17.8. The number of nitrogens with zero attached hydrogens (tertiary/aromatic N) is 3. The van der Waals surface area contributed by atoms with Crippen LogP contribution in [0.15, 0.2) is 28.9 Å². The fraction of sp³-hybridized carbons (Fsp3) is 0.636. The normalized spacial score (nSPS) is 20.9. The standard InChI is InChI=1S/C13H20N2O3.C9H15N/c1-9(16)11-7-13(18)15(8-11)12-3-5-14(6-4-12)10(2)17;1-4-6-8-9(10-3)7-5-2/h11-12H,3-8H2,1-2H3;4,6,8H,3,5,7H2,1-2H3/b;6-4-,9-8-. The number of rotatable bonds is 6. The SMILES string of the molecule is C=N/C(=C\C=C/C)CCC.CC(=O)C1CC(=O)N(C2CCN(C(C)=O)CC2)C1. The molecule has 2 amide bonds. The Kier molecular flexibility index (Phi) is 10.4. The third kappa shape index (κ3) is 7.41. The average Bonchev–Trinajstić information content (AvgIpc) is 3.08. The summed E-state index contributed by atoms with van der Waals surface area (Å²) < 4.78 is 0. The lowest BCUT2D eigenvalue weighted by Gasteiger charge is -2.36. The molecule has 2 saturated heterocycles. The minimum atomic E-state index is -0.122. The van der Waals surface area contributed by atoms with Gasteiger partial charge in [-0.3, -0.25) is 19.4 Å². The van der Waals surface area contributed by atoms with E-state index in [2.05, 4.69) is 18.6 Å². The molecule has 2 aliphatic heterocycles. The molecule has 6 heteroatoms. The van der Waals surface area contributed by atoms with E-state index < -0.39 is 0 Å². The molecule has 2 fully saturated rings. The van der Waals surface area contributed by atoms with E-state index in [0.29, 0.717) is 26.1 Å². The molecule has 2 rings (SSSR count). The van der Waals surface area contributed by atoms with Crippen LogP contribution in [0.2, 0.25) is 0 Å². The number of hydrogen-bond donors (Lipinski definition) is 0. The van der Waals surface area contributed by atoms with Crippen molar-refractivity contribution in [3.05, 3.63) is 23.9 Å². The first kappa shape index (κ1) is 23.8. The van der Waals surface area contributed by atoms with Crippen LogP contribution in [0.3, 0.4) is 0 Å². The van der Waals surface area contributed by atoms with Gasteiger partial charge >= 0.3 is 0 Å². The maximum Gasteiger partial charge on any atom is 0.223 e. The van der Waals surface area contributed by atoms with Gasteiger partial charge in [-0.05, 0) is 45.9 Å². The third-order valence-electron chi connectivity index (χ3n) is 5.27. The Morgan fingerprint density at radius 3 is 2.32 bits per heavy atom. The molecule has 0 N–H and O–H groups in total.